The Morgan fingerprint density at radius 3 is 2.48 bits per heavy atom. The van der Waals surface area contributed by atoms with Gasteiger partial charge in [0.1, 0.15) is 0 Å². The first-order valence-corrected chi connectivity index (χ1v) is 7.94. The quantitative estimate of drug-likeness (QED) is 0.772. The monoisotopic (exact) mass is 350 g/mol. The van der Waals surface area contributed by atoms with Crippen molar-refractivity contribution in [1.29, 1.82) is 0 Å². The molecule has 0 spiro atoms. The van der Waals surface area contributed by atoms with Gasteiger partial charge in [-0.25, -0.2) is 0 Å². The lowest BCUT2D eigenvalue weighted by Crippen LogP contribution is -2.45. The summed E-state index contributed by atoms with van der Waals surface area (Å²) in [6, 6.07) is 3.41. The summed E-state index contributed by atoms with van der Waals surface area (Å²) >= 11 is 17.8. The lowest BCUT2D eigenvalue weighted by Gasteiger charge is -2.36. The second kappa shape index (κ2) is 7.65. The molecule has 1 aromatic rings. The molecule has 0 atom stereocenters. The second-order valence-electron chi connectivity index (χ2n) is 5.07. The zero-order chi connectivity index (χ0) is 15.4. The highest BCUT2D eigenvalue weighted by Gasteiger charge is 2.26. The van der Waals surface area contributed by atoms with Gasteiger partial charge in [0.05, 0.1) is 33.9 Å². The van der Waals surface area contributed by atoms with Crippen LogP contribution >= 0.6 is 34.8 Å². The molecule has 2 rings (SSSR count). The van der Waals surface area contributed by atoms with Crippen molar-refractivity contribution in [2.45, 2.75) is 25.3 Å². The first-order valence-electron chi connectivity index (χ1n) is 6.80. The standard InChI is InChI=1S/C14H17Cl3N2O2/c15-10-6-12(17)13(7-11(10)16)18-14(21)8-19(4-5-20)9-2-1-3-9/h6-7,9,20H,1-5,8H2,(H,18,21). The number of nitrogens with zero attached hydrogens (tertiary/aromatic N) is 1. The third kappa shape index (κ3) is 4.47. The predicted molar refractivity (Wildman–Crippen MR) is 86.4 cm³/mol. The van der Waals surface area contributed by atoms with E-state index >= 15 is 0 Å². The molecule has 0 heterocycles. The fourth-order valence-electron chi connectivity index (χ4n) is 2.26. The fraction of sp³-hybridized carbons (Fsp3) is 0.500. The molecule has 0 unspecified atom stereocenters. The Kier molecular flexibility index (Phi) is 6.14. The fourth-order valence-corrected chi connectivity index (χ4v) is 2.86. The molecule has 21 heavy (non-hydrogen) atoms. The molecule has 0 bridgehead atoms. The van der Waals surface area contributed by atoms with E-state index in [4.69, 9.17) is 39.9 Å². The minimum Gasteiger partial charge on any atom is -0.395 e. The van der Waals surface area contributed by atoms with Gasteiger partial charge in [0.15, 0.2) is 0 Å². The molecule has 7 heteroatoms. The molecule has 2 N–H and O–H groups in total. The van der Waals surface area contributed by atoms with Crippen molar-refractivity contribution in [3.63, 3.8) is 0 Å². The van der Waals surface area contributed by atoms with Crippen LogP contribution in [0.2, 0.25) is 15.1 Å². The molecule has 1 amide bonds. The highest BCUT2D eigenvalue weighted by molar-refractivity contribution is 6.44. The summed E-state index contributed by atoms with van der Waals surface area (Å²) in [6.45, 7) is 0.756. The Bertz CT molecular complexity index is 521. The number of hydrogen-bond acceptors (Lipinski definition) is 3. The minimum atomic E-state index is -0.185. The number of halogens is 3. The van der Waals surface area contributed by atoms with Crippen LogP contribution in [0.3, 0.4) is 0 Å². The maximum absolute atomic E-state index is 12.1. The van der Waals surface area contributed by atoms with Crippen LogP contribution in [0.15, 0.2) is 12.1 Å². The number of anilines is 1. The summed E-state index contributed by atoms with van der Waals surface area (Å²) in [5, 5.41) is 12.8. The SMILES string of the molecule is O=C(CN(CCO)C1CCC1)Nc1cc(Cl)c(Cl)cc1Cl. The molecule has 1 aromatic carbocycles. The van der Waals surface area contributed by atoms with Gasteiger partial charge in [0.25, 0.3) is 0 Å². The van der Waals surface area contributed by atoms with E-state index in [-0.39, 0.29) is 19.1 Å². The van der Waals surface area contributed by atoms with Crippen LogP contribution in [0, 0.1) is 0 Å². The van der Waals surface area contributed by atoms with E-state index in [1.807, 2.05) is 4.90 Å². The van der Waals surface area contributed by atoms with Crippen LogP contribution in [0.1, 0.15) is 19.3 Å². The number of carbonyl (C=O) groups is 1. The van der Waals surface area contributed by atoms with Gasteiger partial charge in [-0.05, 0) is 25.0 Å². The van der Waals surface area contributed by atoms with E-state index in [2.05, 4.69) is 5.32 Å². The summed E-state index contributed by atoms with van der Waals surface area (Å²) in [4.78, 5) is 14.1. The smallest absolute Gasteiger partial charge is 0.238 e. The summed E-state index contributed by atoms with van der Waals surface area (Å²) in [6.07, 6.45) is 3.31. The molecular formula is C14H17Cl3N2O2. The molecule has 0 saturated heterocycles. The van der Waals surface area contributed by atoms with Gasteiger partial charge in [-0.2, -0.15) is 0 Å². The summed E-state index contributed by atoms with van der Waals surface area (Å²) in [5.41, 5.74) is 0.439. The molecule has 0 radical (unpaired) electrons. The molecule has 1 saturated carbocycles. The van der Waals surface area contributed by atoms with Crippen LogP contribution in [0.5, 0.6) is 0 Å². The van der Waals surface area contributed by atoms with E-state index < -0.39 is 0 Å². The Labute approximate surface area is 139 Å². The predicted octanol–water partition coefficient (Wildman–Crippen LogP) is 3.43. The number of hydrogen-bond donors (Lipinski definition) is 2. The van der Waals surface area contributed by atoms with E-state index in [1.54, 1.807) is 0 Å². The van der Waals surface area contributed by atoms with Gasteiger partial charge in [-0.15, -0.1) is 0 Å². The number of rotatable bonds is 6. The van der Waals surface area contributed by atoms with Crippen molar-refractivity contribution in [2.24, 2.45) is 0 Å². The van der Waals surface area contributed by atoms with E-state index in [9.17, 15) is 4.79 Å². The summed E-state index contributed by atoms with van der Waals surface area (Å²) < 4.78 is 0. The van der Waals surface area contributed by atoms with Crippen LogP contribution in [0.25, 0.3) is 0 Å². The third-order valence-electron chi connectivity index (χ3n) is 3.61. The molecule has 1 fully saturated rings. The summed E-state index contributed by atoms with van der Waals surface area (Å²) in [7, 11) is 0. The van der Waals surface area contributed by atoms with Crippen molar-refractivity contribution in [3.8, 4) is 0 Å². The largest absolute Gasteiger partial charge is 0.395 e. The number of aliphatic hydroxyl groups is 1. The molecule has 1 aliphatic rings. The molecule has 116 valence electrons. The van der Waals surface area contributed by atoms with Crippen molar-refractivity contribution in [1.82, 2.24) is 4.90 Å². The molecule has 4 nitrogen and oxygen atoms in total. The number of nitrogens with one attached hydrogen (secondary N) is 1. The van der Waals surface area contributed by atoms with E-state index in [1.165, 1.54) is 18.6 Å². The van der Waals surface area contributed by atoms with Crippen LogP contribution < -0.4 is 5.32 Å². The Morgan fingerprint density at radius 1 is 1.24 bits per heavy atom. The van der Waals surface area contributed by atoms with Crippen molar-refractivity contribution in [2.75, 3.05) is 25.0 Å². The van der Waals surface area contributed by atoms with E-state index in [0.29, 0.717) is 33.3 Å². The summed E-state index contributed by atoms with van der Waals surface area (Å²) in [5.74, 6) is -0.185. The van der Waals surface area contributed by atoms with Gasteiger partial charge in [0, 0.05) is 12.6 Å². The second-order valence-corrected chi connectivity index (χ2v) is 6.29. The van der Waals surface area contributed by atoms with Crippen molar-refractivity contribution >= 4 is 46.4 Å². The maximum atomic E-state index is 12.1. The molecular weight excluding hydrogens is 335 g/mol. The minimum absolute atomic E-state index is 0.0390. The van der Waals surface area contributed by atoms with Crippen molar-refractivity contribution in [3.05, 3.63) is 27.2 Å². The average molecular weight is 352 g/mol. The van der Waals surface area contributed by atoms with Gasteiger partial charge in [-0.1, -0.05) is 41.2 Å². The normalized spacial score (nSPS) is 15.1. The third-order valence-corrected chi connectivity index (χ3v) is 4.64. The molecule has 0 aliphatic heterocycles. The Morgan fingerprint density at radius 2 is 1.90 bits per heavy atom. The number of carbonyl (C=O) groups excluding carboxylic acids is 1. The van der Waals surface area contributed by atoms with Crippen LogP contribution in [-0.2, 0) is 4.79 Å². The molecule has 1 aliphatic carbocycles. The molecule has 0 aromatic heterocycles. The number of amides is 1. The van der Waals surface area contributed by atoms with Crippen LogP contribution in [0.4, 0.5) is 5.69 Å². The number of benzene rings is 1. The van der Waals surface area contributed by atoms with Gasteiger partial charge in [-0.3, -0.25) is 9.69 Å². The lowest BCUT2D eigenvalue weighted by molar-refractivity contribution is -0.118. The van der Waals surface area contributed by atoms with Crippen LogP contribution in [-0.4, -0.2) is 41.7 Å². The topological polar surface area (TPSA) is 52.6 Å². The lowest BCUT2D eigenvalue weighted by atomic mass is 9.91. The van der Waals surface area contributed by atoms with Crippen molar-refractivity contribution < 1.29 is 9.90 Å². The number of aliphatic hydroxyl groups excluding tert-OH is 1. The Hall–Kier alpha value is -0.520. The highest BCUT2D eigenvalue weighted by atomic mass is 35.5. The first-order chi connectivity index (χ1) is 10.0. The Balaban J connectivity index is 1.98. The zero-order valence-electron chi connectivity index (χ0n) is 11.4. The maximum Gasteiger partial charge on any atom is 0.238 e. The zero-order valence-corrected chi connectivity index (χ0v) is 13.7. The van der Waals surface area contributed by atoms with E-state index in [0.717, 1.165) is 12.8 Å². The van der Waals surface area contributed by atoms with Gasteiger partial charge in [0.2, 0.25) is 5.91 Å². The van der Waals surface area contributed by atoms with Gasteiger partial charge < -0.3 is 10.4 Å². The van der Waals surface area contributed by atoms with Gasteiger partial charge >= 0.3 is 0 Å². The highest BCUT2D eigenvalue weighted by Crippen LogP contribution is 2.32. The average Bonchev–Trinajstić information content (AvgIpc) is 2.34. The first kappa shape index (κ1) is 16.8.